The molecule has 43 heavy (non-hydrogen) atoms. The molecule has 1 fully saturated rings. The Labute approximate surface area is 242 Å². The van der Waals surface area contributed by atoms with Crippen molar-refractivity contribution in [2.45, 2.75) is 38.5 Å². The number of hydrogen-bond acceptors (Lipinski definition) is 5. The van der Waals surface area contributed by atoms with Gasteiger partial charge in [0.2, 0.25) is 0 Å². The normalized spacial score (nSPS) is 15.3. The van der Waals surface area contributed by atoms with Crippen LogP contribution in [0.25, 0.3) is 22.2 Å². The molecule has 13 heteroatoms. The minimum Gasteiger partial charge on any atom is -0.475 e. The van der Waals surface area contributed by atoms with Crippen LogP contribution in [0, 0.1) is 11.6 Å². The highest BCUT2D eigenvalue weighted by Gasteiger charge is 2.38. The first-order valence-corrected chi connectivity index (χ1v) is 13.4. The third-order valence-electron chi connectivity index (χ3n) is 7.12. The maximum atomic E-state index is 15.0. The maximum Gasteiger partial charge on any atom is 0.490 e. The number of carbonyl (C=O) groups excluding carboxylic acids is 1. The zero-order chi connectivity index (χ0) is 31.3. The summed E-state index contributed by atoms with van der Waals surface area (Å²) in [6, 6.07) is 15.7. The van der Waals surface area contributed by atoms with E-state index in [1.165, 1.54) is 30.3 Å². The van der Waals surface area contributed by atoms with Gasteiger partial charge in [-0.25, -0.2) is 18.4 Å². The van der Waals surface area contributed by atoms with Gasteiger partial charge in [-0.2, -0.15) is 13.2 Å². The largest absolute Gasteiger partial charge is 0.490 e. The van der Waals surface area contributed by atoms with Gasteiger partial charge in [0.1, 0.15) is 11.6 Å². The van der Waals surface area contributed by atoms with Gasteiger partial charge in [0, 0.05) is 30.3 Å². The van der Waals surface area contributed by atoms with Crippen LogP contribution in [0.2, 0.25) is 0 Å². The van der Waals surface area contributed by atoms with Crippen LogP contribution < -0.4 is 5.76 Å². The molecule has 0 radical (unpaired) electrons. The number of amides is 1. The number of halogens is 5. The molecule has 1 amide bonds. The van der Waals surface area contributed by atoms with Crippen molar-refractivity contribution in [3.05, 3.63) is 94.0 Å². The number of nitrogens with one attached hydrogen (secondary N) is 1. The highest BCUT2D eigenvalue weighted by Crippen LogP contribution is 2.27. The summed E-state index contributed by atoms with van der Waals surface area (Å²) < 4.78 is 65.4. The Balaban J connectivity index is 0.000000541. The number of rotatable bonds is 7. The van der Waals surface area contributed by atoms with E-state index in [-0.39, 0.29) is 18.5 Å². The Bertz CT molecular complexity index is 1650. The molecule has 2 N–H and O–H groups in total. The van der Waals surface area contributed by atoms with Gasteiger partial charge in [-0.15, -0.1) is 0 Å². The lowest BCUT2D eigenvalue weighted by Gasteiger charge is -2.31. The molecule has 1 aliphatic heterocycles. The smallest absolute Gasteiger partial charge is 0.475 e. The van der Waals surface area contributed by atoms with Crippen LogP contribution >= 0.6 is 0 Å². The quantitative estimate of drug-likeness (QED) is 0.257. The lowest BCUT2D eigenvalue weighted by atomic mass is 10.0. The van der Waals surface area contributed by atoms with Crippen molar-refractivity contribution in [2.24, 2.45) is 0 Å². The van der Waals surface area contributed by atoms with E-state index in [1.807, 2.05) is 6.07 Å². The first-order valence-electron chi connectivity index (χ1n) is 13.4. The summed E-state index contributed by atoms with van der Waals surface area (Å²) in [5.74, 6) is -4.39. The zero-order valence-electron chi connectivity index (χ0n) is 23.0. The number of H-pyrrole nitrogens is 1. The standard InChI is InChI=1S/C28H27F2N3O3.C2HF3O2/c1-2-32-13-3-4-23(32)17-33(27(34)18-5-9-22(29)10-6-18)16-21-14-19(7-11-24(21)30)20-8-12-25-26(15-20)36-28(35)31-25;3-2(4,5)1(6)7/h5-12,14-15,23H,2-4,13,16-17H2,1H3,(H,31,35);(H,6,7). The average molecular weight is 606 g/mol. The van der Waals surface area contributed by atoms with Crippen LogP contribution in [0.1, 0.15) is 35.7 Å². The van der Waals surface area contributed by atoms with Crippen molar-refractivity contribution in [1.29, 1.82) is 0 Å². The van der Waals surface area contributed by atoms with Crippen molar-refractivity contribution in [3.8, 4) is 11.1 Å². The zero-order valence-corrected chi connectivity index (χ0v) is 23.0. The Kier molecular flexibility index (Phi) is 9.64. The second kappa shape index (κ2) is 13.2. The number of oxazole rings is 1. The van der Waals surface area contributed by atoms with Crippen LogP contribution in [-0.4, -0.2) is 63.6 Å². The predicted octanol–water partition coefficient (Wildman–Crippen LogP) is 5.83. The molecule has 1 aromatic heterocycles. The number of nitrogens with zero attached hydrogens (tertiary/aromatic N) is 2. The number of aromatic amines is 1. The first-order chi connectivity index (χ1) is 20.3. The van der Waals surface area contributed by atoms with E-state index < -0.39 is 29.5 Å². The number of carboxylic acids is 1. The molecule has 228 valence electrons. The molecule has 0 saturated carbocycles. The summed E-state index contributed by atoms with van der Waals surface area (Å²) in [6.45, 7) is 4.48. The van der Waals surface area contributed by atoms with Gasteiger partial charge in [-0.3, -0.25) is 14.7 Å². The molecule has 8 nitrogen and oxygen atoms in total. The number of carbonyl (C=O) groups is 2. The lowest BCUT2D eigenvalue weighted by molar-refractivity contribution is -0.192. The second-order valence-electron chi connectivity index (χ2n) is 9.95. The molecule has 1 aliphatic rings. The molecule has 0 bridgehead atoms. The van der Waals surface area contributed by atoms with E-state index in [4.69, 9.17) is 14.3 Å². The van der Waals surface area contributed by atoms with E-state index in [0.29, 0.717) is 28.8 Å². The summed E-state index contributed by atoms with van der Waals surface area (Å²) in [4.78, 5) is 40.5. The number of likely N-dealkylation sites (tertiary alicyclic amines) is 1. The SMILES string of the molecule is CCN1CCCC1CN(Cc1cc(-c2ccc3[nH]c(=O)oc3c2)ccc1F)C(=O)c1ccc(F)cc1.O=C(O)C(F)(F)F. The number of aliphatic carboxylic acids is 1. The van der Waals surface area contributed by atoms with Crippen molar-refractivity contribution in [2.75, 3.05) is 19.6 Å². The van der Waals surface area contributed by atoms with Gasteiger partial charge >= 0.3 is 17.9 Å². The van der Waals surface area contributed by atoms with Crippen molar-refractivity contribution in [1.82, 2.24) is 14.8 Å². The first kappa shape index (κ1) is 31.4. The summed E-state index contributed by atoms with van der Waals surface area (Å²) in [6.07, 6.45) is -3.07. The molecule has 0 spiro atoms. The van der Waals surface area contributed by atoms with E-state index in [0.717, 1.165) is 37.1 Å². The van der Waals surface area contributed by atoms with Gasteiger partial charge in [-0.1, -0.05) is 19.1 Å². The van der Waals surface area contributed by atoms with Gasteiger partial charge in [-0.05, 0) is 85.6 Å². The highest BCUT2D eigenvalue weighted by atomic mass is 19.4. The monoisotopic (exact) mass is 605 g/mol. The summed E-state index contributed by atoms with van der Waals surface area (Å²) in [7, 11) is 0. The fraction of sp³-hybridized carbons (Fsp3) is 0.300. The van der Waals surface area contributed by atoms with Gasteiger partial charge in [0.05, 0.1) is 5.52 Å². The Hall–Kier alpha value is -4.52. The molecule has 1 saturated heterocycles. The summed E-state index contributed by atoms with van der Waals surface area (Å²) in [5, 5.41) is 7.12. The second-order valence-corrected chi connectivity index (χ2v) is 9.95. The van der Waals surface area contributed by atoms with Crippen LogP contribution in [0.4, 0.5) is 22.0 Å². The molecule has 1 atom stereocenters. The fourth-order valence-corrected chi connectivity index (χ4v) is 4.97. The lowest BCUT2D eigenvalue weighted by Crippen LogP contribution is -2.42. The van der Waals surface area contributed by atoms with Gasteiger partial charge in [0.15, 0.2) is 5.58 Å². The van der Waals surface area contributed by atoms with Crippen LogP contribution in [-0.2, 0) is 11.3 Å². The third-order valence-corrected chi connectivity index (χ3v) is 7.12. The minimum absolute atomic E-state index is 0.0748. The molecule has 2 heterocycles. The molecule has 0 aliphatic carbocycles. The number of carboxylic acid groups (broad SMARTS) is 1. The number of hydrogen-bond donors (Lipinski definition) is 2. The van der Waals surface area contributed by atoms with Crippen LogP contribution in [0.3, 0.4) is 0 Å². The Morgan fingerprint density at radius 2 is 1.70 bits per heavy atom. The van der Waals surface area contributed by atoms with Crippen LogP contribution in [0.15, 0.2) is 69.9 Å². The van der Waals surface area contributed by atoms with Crippen molar-refractivity contribution >= 4 is 23.0 Å². The van der Waals surface area contributed by atoms with Gasteiger partial charge < -0.3 is 14.4 Å². The highest BCUT2D eigenvalue weighted by molar-refractivity contribution is 5.94. The topological polar surface area (TPSA) is 107 Å². The van der Waals surface area contributed by atoms with Gasteiger partial charge in [0.25, 0.3) is 5.91 Å². The number of likely N-dealkylation sites (N-methyl/N-ethyl adjacent to an activating group) is 1. The minimum atomic E-state index is -5.08. The van der Waals surface area contributed by atoms with E-state index in [9.17, 15) is 27.2 Å². The van der Waals surface area contributed by atoms with Crippen molar-refractivity contribution in [3.63, 3.8) is 0 Å². The molecular formula is C30H28F5N3O5. The number of benzene rings is 3. The van der Waals surface area contributed by atoms with E-state index >= 15 is 4.39 Å². The molecule has 1 unspecified atom stereocenters. The number of fused-ring (bicyclic) bond motifs is 1. The van der Waals surface area contributed by atoms with E-state index in [2.05, 4.69) is 16.8 Å². The predicted molar refractivity (Wildman–Crippen MR) is 147 cm³/mol. The molecular weight excluding hydrogens is 577 g/mol. The van der Waals surface area contributed by atoms with E-state index in [1.54, 1.807) is 29.2 Å². The molecule has 5 rings (SSSR count). The summed E-state index contributed by atoms with van der Waals surface area (Å²) in [5.41, 5.74) is 3.23. The van der Waals surface area contributed by atoms with Crippen LogP contribution in [0.5, 0.6) is 0 Å². The Morgan fingerprint density at radius 3 is 2.35 bits per heavy atom. The fourth-order valence-electron chi connectivity index (χ4n) is 4.97. The summed E-state index contributed by atoms with van der Waals surface area (Å²) >= 11 is 0. The maximum absolute atomic E-state index is 15.0. The number of aromatic nitrogens is 1. The van der Waals surface area contributed by atoms with Crippen molar-refractivity contribution < 1.29 is 41.1 Å². The molecule has 4 aromatic rings. The average Bonchev–Trinajstić information content (AvgIpc) is 3.58. The Morgan fingerprint density at radius 1 is 1.05 bits per heavy atom. The number of alkyl halides is 3. The molecule has 3 aromatic carbocycles. The third kappa shape index (κ3) is 7.86.